The van der Waals surface area contributed by atoms with Gasteiger partial charge in [0, 0.05) is 17.8 Å². The van der Waals surface area contributed by atoms with Gasteiger partial charge in [-0.1, -0.05) is 45.4 Å². The Hall–Kier alpha value is 1.13. The number of hydrogen-bond donors (Lipinski definition) is 0. The minimum Gasteiger partial charge on any atom is -0.122 e. The van der Waals surface area contributed by atoms with Gasteiger partial charge >= 0.3 is 0 Å². The highest BCUT2D eigenvalue weighted by atomic mass is 33.1. The summed E-state index contributed by atoms with van der Waals surface area (Å²) < 4.78 is 0. The van der Waals surface area contributed by atoms with Crippen molar-refractivity contribution in [3.05, 3.63) is 0 Å². The van der Waals surface area contributed by atoms with Crippen LogP contribution in [0, 0.1) is 0 Å². The van der Waals surface area contributed by atoms with E-state index in [-0.39, 0.29) is 0 Å². The van der Waals surface area contributed by atoms with Gasteiger partial charge < -0.3 is 0 Å². The van der Waals surface area contributed by atoms with Gasteiger partial charge in [-0.25, -0.2) is 0 Å². The Kier molecular flexibility index (Phi) is 8.83. The van der Waals surface area contributed by atoms with Crippen LogP contribution in [-0.4, -0.2) is 17.7 Å². The van der Waals surface area contributed by atoms with Crippen LogP contribution in [0.2, 0.25) is 0 Å². The second-order valence-corrected chi connectivity index (χ2v) is 11.2. The second-order valence-electron chi connectivity index (χ2n) is 3.84. The highest BCUT2D eigenvalue weighted by Crippen LogP contribution is 2.65. The summed E-state index contributed by atoms with van der Waals surface area (Å²) in [5, 5.41) is 0. The molecule has 1 heterocycles. The van der Waals surface area contributed by atoms with Crippen LogP contribution in [0.4, 0.5) is 0 Å². The van der Waals surface area contributed by atoms with Crippen LogP contribution >= 0.6 is 29.1 Å². The van der Waals surface area contributed by atoms with Crippen molar-refractivity contribution in [3.63, 3.8) is 0 Å². The predicted octanol–water partition coefficient (Wildman–Crippen LogP) is 5.53. The normalized spacial score (nSPS) is 17.8. The highest BCUT2D eigenvalue weighted by Gasteiger charge is 2.14. The number of hydrogen-bond acceptors (Lipinski definition) is 2. The van der Waals surface area contributed by atoms with Crippen LogP contribution in [-0.2, 0) is 0 Å². The van der Waals surface area contributed by atoms with E-state index in [4.69, 9.17) is 0 Å². The molecule has 0 bridgehead atoms. The molecule has 0 N–H and O–H groups in total. The van der Waals surface area contributed by atoms with Crippen LogP contribution in [0.15, 0.2) is 0 Å². The summed E-state index contributed by atoms with van der Waals surface area (Å²) in [5.74, 6) is 2.85. The lowest BCUT2D eigenvalue weighted by Gasteiger charge is -2.06. The standard InChI is InChI=1S/C11H23PS2/c1-2-3-4-5-6-7-8-9-12-13-10-11-14-12/h2-11H2,1H3. The van der Waals surface area contributed by atoms with Crippen LogP contribution in [0.25, 0.3) is 0 Å². The summed E-state index contributed by atoms with van der Waals surface area (Å²) in [6.07, 6.45) is 12.1. The van der Waals surface area contributed by atoms with Gasteiger partial charge in [-0.3, -0.25) is 0 Å². The Bertz CT molecular complexity index is 124. The predicted molar refractivity (Wildman–Crippen MR) is 74.7 cm³/mol. The molecule has 0 radical (unpaired) electrons. The van der Waals surface area contributed by atoms with Gasteiger partial charge in [-0.15, -0.1) is 22.8 Å². The monoisotopic (exact) mass is 250 g/mol. The Morgan fingerprint density at radius 2 is 1.43 bits per heavy atom. The zero-order valence-electron chi connectivity index (χ0n) is 9.33. The minimum absolute atomic E-state index is 0.361. The lowest BCUT2D eigenvalue weighted by atomic mass is 10.1. The molecule has 0 spiro atoms. The fraction of sp³-hybridized carbons (Fsp3) is 1.00. The van der Waals surface area contributed by atoms with Gasteiger partial charge in [-0.05, 0) is 12.6 Å². The zero-order valence-corrected chi connectivity index (χ0v) is 11.9. The third-order valence-corrected chi connectivity index (χ3v) is 10.6. The van der Waals surface area contributed by atoms with Crippen molar-refractivity contribution in [3.8, 4) is 0 Å². The van der Waals surface area contributed by atoms with E-state index in [1.807, 2.05) is 0 Å². The van der Waals surface area contributed by atoms with Crippen LogP contribution in [0.5, 0.6) is 0 Å². The largest absolute Gasteiger partial charge is 0.122 e. The van der Waals surface area contributed by atoms with Crippen molar-refractivity contribution in [1.29, 1.82) is 0 Å². The van der Waals surface area contributed by atoms with E-state index in [1.165, 1.54) is 62.6 Å². The number of unbranched alkanes of at least 4 members (excludes halogenated alkanes) is 6. The van der Waals surface area contributed by atoms with E-state index in [9.17, 15) is 0 Å². The van der Waals surface area contributed by atoms with Crippen LogP contribution in [0.3, 0.4) is 0 Å². The molecule has 1 fully saturated rings. The molecule has 0 aromatic carbocycles. The van der Waals surface area contributed by atoms with E-state index < -0.39 is 0 Å². The molecule has 0 aliphatic carbocycles. The van der Waals surface area contributed by atoms with Crippen molar-refractivity contribution >= 4 is 29.1 Å². The van der Waals surface area contributed by atoms with E-state index in [0.717, 1.165) is 0 Å². The number of rotatable bonds is 8. The maximum atomic E-state index is 2.29. The highest BCUT2D eigenvalue weighted by molar-refractivity contribution is 8.89. The molecular weight excluding hydrogens is 227 g/mol. The lowest BCUT2D eigenvalue weighted by Crippen LogP contribution is -1.81. The minimum atomic E-state index is 0.361. The van der Waals surface area contributed by atoms with Gasteiger partial charge in [-0.2, -0.15) is 0 Å². The third-order valence-electron chi connectivity index (χ3n) is 2.50. The molecule has 0 aromatic rings. The van der Waals surface area contributed by atoms with E-state index in [1.54, 1.807) is 0 Å². The Morgan fingerprint density at radius 3 is 2.07 bits per heavy atom. The summed E-state index contributed by atoms with van der Waals surface area (Å²) >= 11 is 4.48. The van der Waals surface area contributed by atoms with Crippen molar-refractivity contribution < 1.29 is 0 Å². The Balaban J connectivity index is 1.75. The van der Waals surface area contributed by atoms with Crippen molar-refractivity contribution in [1.82, 2.24) is 0 Å². The molecule has 0 atom stereocenters. The van der Waals surface area contributed by atoms with E-state index >= 15 is 0 Å². The molecule has 3 heteroatoms. The first-order valence-electron chi connectivity index (χ1n) is 5.97. The molecule has 14 heavy (non-hydrogen) atoms. The van der Waals surface area contributed by atoms with Crippen molar-refractivity contribution in [2.24, 2.45) is 0 Å². The van der Waals surface area contributed by atoms with Gasteiger partial charge in [0.2, 0.25) is 0 Å². The van der Waals surface area contributed by atoms with E-state index in [0.29, 0.717) is 6.33 Å². The third kappa shape index (κ3) is 6.58. The molecule has 0 nitrogen and oxygen atoms in total. The lowest BCUT2D eigenvalue weighted by molar-refractivity contribution is 0.603. The van der Waals surface area contributed by atoms with Crippen LogP contribution in [0.1, 0.15) is 51.9 Å². The SMILES string of the molecule is CCCCCCCCCP1SCCS1. The molecule has 0 unspecified atom stereocenters. The first-order chi connectivity index (χ1) is 6.93. The molecule has 1 aliphatic heterocycles. The van der Waals surface area contributed by atoms with Gasteiger partial charge in [0.15, 0.2) is 0 Å². The molecule has 1 saturated heterocycles. The molecule has 0 amide bonds. The van der Waals surface area contributed by atoms with Gasteiger partial charge in [0.1, 0.15) is 0 Å². The first kappa shape index (κ1) is 13.2. The van der Waals surface area contributed by atoms with Crippen molar-refractivity contribution in [2.45, 2.75) is 51.9 Å². The average molecular weight is 250 g/mol. The molecule has 1 aliphatic rings. The summed E-state index contributed by atoms with van der Waals surface area (Å²) in [7, 11) is 0. The van der Waals surface area contributed by atoms with Crippen LogP contribution < -0.4 is 0 Å². The quantitative estimate of drug-likeness (QED) is 0.410. The Morgan fingerprint density at radius 1 is 0.857 bits per heavy atom. The van der Waals surface area contributed by atoms with Gasteiger partial charge in [0.25, 0.3) is 0 Å². The zero-order chi connectivity index (χ0) is 10.1. The smallest absolute Gasteiger partial charge is 0.0123 e. The average Bonchev–Trinajstić information content (AvgIpc) is 2.69. The maximum absolute atomic E-state index is 2.29. The summed E-state index contributed by atoms with van der Waals surface area (Å²) in [4.78, 5) is 0. The molecular formula is C11H23PS2. The summed E-state index contributed by atoms with van der Waals surface area (Å²) in [5.41, 5.74) is 0. The maximum Gasteiger partial charge on any atom is 0.0123 e. The van der Waals surface area contributed by atoms with E-state index in [2.05, 4.69) is 29.7 Å². The summed E-state index contributed by atoms with van der Waals surface area (Å²) in [6, 6.07) is 0. The topological polar surface area (TPSA) is 0 Å². The Labute approximate surface area is 98.6 Å². The fourth-order valence-corrected chi connectivity index (χ4v) is 9.81. The van der Waals surface area contributed by atoms with Crippen molar-refractivity contribution in [2.75, 3.05) is 17.7 Å². The van der Waals surface area contributed by atoms with Gasteiger partial charge in [0.05, 0.1) is 0 Å². The summed E-state index contributed by atoms with van der Waals surface area (Å²) in [6.45, 7) is 2.29. The molecule has 0 saturated carbocycles. The fourth-order valence-electron chi connectivity index (χ4n) is 1.64. The second kappa shape index (κ2) is 9.36. The first-order valence-corrected chi connectivity index (χ1v) is 10.7. The molecule has 84 valence electrons. The molecule has 0 aromatic heterocycles. The molecule has 1 rings (SSSR count).